The Labute approximate surface area is 222 Å². The molecule has 0 N–H and O–H groups in total. The Morgan fingerprint density at radius 2 is 0.500 bits per heavy atom. The van der Waals surface area contributed by atoms with E-state index in [0.717, 1.165) is 0 Å². The zero-order valence-electron chi connectivity index (χ0n) is 21.6. The van der Waals surface area contributed by atoms with Crippen LogP contribution < -0.4 is 20.7 Å². The molecular formula is C34H40Si2. The Bertz CT molecular complexity index is 911. The summed E-state index contributed by atoms with van der Waals surface area (Å²) in [6.07, 6.45) is 11.0. The van der Waals surface area contributed by atoms with Crippen LogP contribution in [-0.2, 0) is 0 Å². The van der Waals surface area contributed by atoms with Crippen molar-refractivity contribution in [2.24, 2.45) is 0 Å². The largest absolute Gasteiger partial charge is 0.121 e. The van der Waals surface area contributed by atoms with Crippen LogP contribution in [0.4, 0.5) is 0 Å². The van der Waals surface area contributed by atoms with Crippen LogP contribution in [0.1, 0.15) is 51.4 Å². The fourth-order valence-electron chi connectivity index (χ4n) is 5.13. The van der Waals surface area contributed by atoms with Crippen molar-refractivity contribution in [2.45, 2.75) is 63.5 Å². The van der Waals surface area contributed by atoms with E-state index >= 15 is 0 Å². The Hall–Kier alpha value is -2.69. The van der Waals surface area contributed by atoms with E-state index in [2.05, 4.69) is 121 Å². The highest BCUT2D eigenvalue weighted by Gasteiger charge is 2.17. The minimum atomic E-state index is -0.655. The molecule has 0 aliphatic heterocycles. The Morgan fingerprint density at radius 1 is 0.278 bits per heavy atom. The molecule has 0 saturated heterocycles. The van der Waals surface area contributed by atoms with E-state index in [1.807, 2.05) is 0 Å². The van der Waals surface area contributed by atoms with E-state index in [4.69, 9.17) is 0 Å². The Balaban J connectivity index is 1.13. The van der Waals surface area contributed by atoms with Crippen molar-refractivity contribution in [2.75, 3.05) is 0 Å². The number of benzene rings is 4. The van der Waals surface area contributed by atoms with Gasteiger partial charge in [0.15, 0.2) is 0 Å². The van der Waals surface area contributed by atoms with Gasteiger partial charge >= 0.3 is 0 Å². The van der Waals surface area contributed by atoms with Crippen molar-refractivity contribution in [3.8, 4) is 0 Å². The number of hydrogen-bond donors (Lipinski definition) is 0. The van der Waals surface area contributed by atoms with Crippen LogP contribution in [0.2, 0.25) is 12.1 Å². The molecule has 0 aromatic heterocycles. The van der Waals surface area contributed by atoms with Crippen LogP contribution in [-0.4, -0.2) is 17.6 Å². The zero-order valence-corrected chi connectivity index (χ0v) is 23.6. The molecule has 0 aliphatic rings. The summed E-state index contributed by atoms with van der Waals surface area (Å²) >= 11 is 0. The van der Waals surface area contributed by atoms with E-state index < -0.39 is 17.6 Å². The first-order valence-electron chi connectivity index (χ1n) is 13.8. The summed E-state index contributed by atoms with van der Waals surface area (Å²) in [6, 6.07) is 47.6. The first-order chi connectivity index (χ1) is 17.9. The molecule has 36 heavy (non-hydrogen) atoms. The smallest absolute Gasteiger partial charge is 0.0628 e. The van der Waals surface area contributed by atoms with Gasteiger partial charge in [-0.15, -0.1) is 0 Å². The molecule has 0 nitrogen and oxygen atoms in total. The van der Waals surface area contributed by atoms with Crippen LogP contribution in [0.25, 0.3) is 0 Å². The average Bonchev–Trinajstić information content (AvgIpc) is 2.96. The molecule has 2 heteroatoms. The third-order valence-electron chi connectivity index (χ3n) is 7.09. The number of hydrogen-bond acceptors (Lipinski definition) is 0. The van der Waals surface area contributed by atoms with Gasteiger partial charge in [0.05, 0.1) is 0 Å². The van der Waals surface area contributed by atoms with Crippen molar-refractivity contribution < 1.29 is 0 Å². The van der Waals surface area contributed by atoms with E-state index in [0.29, 0.717) is 0 Å². The molecule has 0 bridgehead atoms. The van der Waals surface area contributed by atoms with Gasteiger partial charge in [-0.1, -0.05) is 206 Å². The van der Waals surface area contributed by atoms with Crippen molar-refractivity contribution in [1.29, 1.82) is 0 Å². The van der Waals surface area contributed by atoms with Gasteiger partial charge in [-0.2, -0.15) is 0 Å². The van der Waals surface area contributed by atoms with Gasteiger partial charge in [0, 0.05) is 0 Å². The average molecular weight is 505 g/mol. The van der Waals surface area contributed by atoms with Gasteiger partial charge in [0.1, 0.15) is 17.6 Å². The van der Waals surface area contributed by atoms with Gasteiger partial charge in [-0.25, -0.2) is 0 Å². The molecular weight excluding hydrogens is 465 g/mol. The summed E-state index contributed by atoms with van der Waals surface area (Å²) in [5, 5.41) is 6.22. The highest BCUT2D eigenvalue weighted by atomic mass is 28.3. The van der Waals surface area contributed by atoms with Gasteiger partial charge in [0.25, 0.3) is 0 Å². The first kappa shape index (κ1) is 26.4. The maximum Gasteiger partial charge on any atom is 0.121 e. The second-order valence-corrected chi connectivity index (χ2v) is 15.0. The van der Waals surface area contributed by atoms with Crippen molar-refractivity contribution >= 4 is 38.3 Å². The summed E-state index contributed by atoms with van der Waals surface area (Å²) in [4.78, 5) is 0. The predicted molar refractivity (Wildman–Crippen MR) is 162 cm³/mol. The minimum Gasteiger partial charge on any atom is -0.0628 e. The third kappa shape index (κ3) is 8.46. The zero-order chi connectivity index (χ0) is 24.7. The van der Waals surface area contributed by atoms with Gasteiger partial charge < -0.3 is 0 Å². The molecule has 0 fully saturated rings. The first-order valence-corrected chi connectivity index (χ1v) is 17.3. The highest BCUT2D eigenvalue weighted by Crippen LogP contribution is 2.13. The molecule has 2 radical (unpaired) electrons. The molecule has 4 rings (SSSR count). The van der Waals surface area contributed by atoms with Gasteiger partial charge in [0.2, 0.25) is 0 Å². The second-order valence-electron chi connectivity index (χ2n) is 9.75. The van der Waals surface area contributed by atoms with E-state index in [9.17, 15) is 0 Å². The Morgan fingerprint density at radius 3 is 0.750 bits per heavy atom. The van der Waals surface area contributed by atoms with Crippen LogP contribution in [0, 0.1) is 0 Å². The SMILES string of the molecule is c1ccc([Si](CCCCCCCCCC[Si](c2ccccc2)c2ccccc2)c2ccccc2)cc1. The molecule has 0 saturated carbocycles. The lowest BCUT2D eigenvalue weighted by molar-refractivity contribution is 0.584. The topological polar surface area (TPSA) is 0 Å². The van der Waals surface area contributed by atoms with Crippen LogP contribution in [0.5, 0.6) is 0 Å². The van der Waals surface area contributed by atoms with E-state index in [-0.39, 0.29) is 0 Å². The number of rotatable bonds is 15. The standard InChI is InChI=1S/C34H40Si2/c1(3-5-19-29-35(31-21-11-7-12-22-31)32-23-13-8-14-24-32)2-4-6-20-30-36(33-25-15-9-16-26-33)34-27-17-10-18-28-34/h7-18,21-28H,1-6,19-20,29-30H2. The van der Waals surface area contributed by atoms with Crippen molar-refractivity contribution in [1.82, 2.24) is 0 Å². The second kappa shape index (κ2) is 15.4. The quantitative estimate of drug-likeness (QED) is 0.124. The van der Waals surface area contributed by atoms with E-state index in [1.165, 1.54) is 63.5 Å². The van der Waals surface area contributed by atoms with Crippen molar-refractivity contribution in [3.05, 3.63) is 121 Å². The molecule has 0 spiro atoms. The van der Waals surface area contributed by atoms with Gasteiger partial charge in [-0.3, -0.25) is 0 Å². The minimum absolute atomic E-state index is 0.655. The molecule has 0 aliphatic carbocycles. The molecule has 4 aromatic rings. The molecule has 184 valence electrons. The van der Waals surface area contributed by atoms with E-state index in [1.54, 1.807) is 20.7 Å². The monoisotopic (exact) mass is 504 g/mol. The number of unbranched alkanes of at least 4 members (excludes halogenated alkanes) is 7. The van der Waals surface area contributed by atoms with Crippen LogP contribution >= 0.6 is 0 Å². The highest BCUT2D eigenvalue weighted by molar-refractivity contribution is 6.85. The van der Waals surface area contributed by atoms with Crippen LogP contribution in [0.15, 0.2) is 121 Å². The third-order valence-corrected chi connectivity index (χ3v) is 12.9. The summed E-state index contributed by atoms with van der Waals surface area (Å²) in [5.41, 5.74) is 0. The molecule has 0 atom stereocenters. The fourth-order valence-corrected chi connectivity index (χ4v) is 10.5. The molecule has 0 amide bonds. The lowest BCUT2D eigenvalue weighted by Crippen LogP contribution is -2.41. The fraction of sp³-hybridized carbons (Fsp3) is 0.294. The van der Waals surface area contributed by atoms with Crippen LogP contribution in [0.3, 0.4) is 0 Å². The Kier molecular flexibility index (Phi) is 11.3. The lowest BCUT2D eigenvalue weighted by atomic mass is 10.1. The summed E-state index contributed by atoms with van der Waals surface area (Å²) in [5.74, 6) is 0. The summed E-state index contributed by atoms with van der Waals surface area (Å²) in [6.45, 7) is 0. The summed E-state index contributed by atoms with van der Waals surface area (Å²) in [7, 11) is -1.31. The predicted octanol–water partition coefficient (Wildman–Crippen LogP) is 6.73. The van der Waals surface area contributed by atoms with Crippen molar-refractivity contribution in [3.63, 3.8) is 0 Å². The maximum absolute atomic E-state index is 2.34. The maximum atomic E-state index is 2.34. The lowest BCUT2D eigenvalue weighted by Gasteiger charge is -2.16. The molecule has 4 aromatic carbocycles. The van der Waals surface area contributed by atoms with Gasteiger partial charge in [-0.05, 0) is 0 Å². The normalized spacial score (nSPS) is 11.3. The summed E-state index contributed by atoms with van der Waals surface area (Å²) < 4.78 is 0. The molecule has 0 heterocycles. The molecule has 0 unspecified atom stereocenters.